The van der Waals surface area contributed by atoms with Crippen LogP contribution in [0.25, 0.3) is 16.9 Å². The van der Waals surface area contributed by atoms with Crippen LogP contribution in [0.2, 0.25) is 0 Å². The highest BCUT2D eigenvalue weighted by Gasteiger charge is 2.31. The van der Waals surface area contributed by atoms with Gasteiger partial charge < -0.3 is 4.74 Å². The van der Waals surface area contributed by atoms with Crippen LogP contribution in [0.1, 0.15) is 5.69 Å². The van der Waals surface area contributed by atoms with Crippen LogP contribution < -0.4 is 4.74 Å². The van der Waals surface area contributed by atoms with E-state index in [2.05, 4.69) is 14.7 Å². The van der Waals surface area contributed by atoms with Gasteiger partial charge in [0, 0.05) is 5.56 Å². The van der Waals surface area contributed by atoms with E-state index in [0.29, 0.717) is 22.6 Å². The predicted molar refractivity (Wildman–Crippen MR) is 87.5 cm³/mol. The second-order valence-corrected chi connectivity index (χ2v) is 6.20. The number of hydrogen-bond acceptors (Lipinski definition) is 5. The molecule has 0 spiro atoms. The van der Waals surface area contributed by atoms with Gasteiger partial charge in [0.25, 0.3) is 0 Å². The van der Waals surface area contributed by atoms with Gasteiger partial charge in [0.1, 0.15) is 16.5 Å². The van der Waals surface area contributed by atoms with Gasteiger partial charge in [-0.2, -0.15) is 0 Å². The third-order valence-electron chi connectivity index (χ3n) is 3.40. The fourth-order valence-electron chi connectivity index (χ4n) is 2.33. The molecule has 0 fully saturated rings. The molecule has 136 valence electrons. The minimum Gasteiger partial charge on any atom is -0.406 e. The summed E-state index contributed by atoms with van der Waals surface area (Å²) < 4.78 is 63.7. The van der Waals surface area contributed by atoms with E-state index >= 15 is 0 Å². The summed E-state index contributed by atoms with van der Waals surface area (Å²) in [4.78, 5) is 8.14. The fraction of sp³-hybridized carbons (Fsp3) is 0.125. The van der Waals surface area contributed by atoms with E-state index < -0.39 is 17.1 Å². The zero-order chi connectivity index (χ0) is 18.7. The van der Waals surface area contributed by atoms with Crippen molar-refractivity contribution in [2.24, 2.45) is 0 Å². The molecule has 26 heavy (non-hydrogen) atoms. The average Bonchev–Trinajstić information content (AvgIpc) is 3.04. The van der Waals surface area contributed by atoms with Gasteiger partial charge in [-0.1, -0.05) is 0 Å². The Labute approximate surface area is 147 Å². The van der Waals surface area contributed by atoms with Gasteiger partial charge >= 0.3 is 6.36 Å². The quantitative estimate of drug-likeness (QED) is 0.686. The van der Waals surface area contributed by atoms with Crippen LogP contribution in [0, 0.1) is 0 Å². The predicted octanol–water partition coefficient (Wildman–Crippen LogP) is 2.94. The topological polar surface area (TPSA) is 74.1 Å². The maximum Gasteiger partial charge on any atom is 0.573 e. The Kier molecular flexibility index (Phi) is 4.94. The lowest BCUT2D eigenvalue weighted by atomic mass is 10.1. The summed E-state index contributed by atoms with van der Waals surface area (Å²) >= 11 is 0. The van der Waals surface area contributed by atoms with Crippen LogP contribution >= 0.6 is 0 Å². The summed E-state index contributed by atoms with van der Waals surface area (Å²) in [5.74, 6) is -0.461. The number of alkyl halides is 3. The first-order valence-electron chi connectivity index (χ1n) is 7.27. The zero-order valence-electron chi connectivity index (χ0n) is 13.1. The van der Waals surface area contributed by atoms with Crippen molar-refractivity contribution >= 4 is 10.7 Å². The van der Waals surface area contributed by atoms with Crippen molar-refractivity contribution < 1.29 is 26.3 Å². The maximum absolute atomic E-state index is 12.2. The highest BCUT2D eigenvalue weighted by Crippen LogP contribution is 2.27. The molecule has 0 atom stereocenters. The van der Waals surface area contributed by atoms with E-state index in [1.54, 1.807) is 22.9 Å². The highest BCUT2D eigenvalue weighted by atomic mass is 32.2. The van der Waals surface area contributed by atoms with Crippen molar-refractivity contribution in [2.75, 3.05) is 0 Å². The Hall–Kier alpha value is -2.88. The summed E-state index contributed by atoms with van der Waals surface area (Å²) in [6.07, 6.45) is -0.159. The molecule has 0 aliphatic rings. The number of rotatable bonds is 5. The van der Waals surface area contributed by atoms with Crippen LogP contribution in [-0.2, 0) is 16.5 Å². The smallest absolute Gasteiger partial charge is 0.406 e. The molecule has 0 bridgehead atoms. The van der Waals surface area contributed by atoms with Crippen LogP contribution in [-0.4, -0.2) is 29.3 Å². The van der Waals surface area contributed by atoms with Crippen LogP contribution in [0.3, 0.4) is 0 Å². The molecule has 2 aromatic heterocycles. The lowest BCUT2D eigenvalue weighted by Gasteiger charge is -2.11. The highest BCUT2D eigenvalue weighted by molar-refractivity contribution is 7.71. The molecule has 2 heterocycles. The molecule has 0 aliphatic heterocycles. The molecule has 0 aliphatic carbocycles. The van der Waals surface area contributed by atoms with E-state index in [4.69, 9.17) is 0 Å². The first kappa shape index (κ1) is 17.9. The average molecular weight is 383 g/mol. The molecule has 3 rings (SSSR count). The van der Waals surface area contributed by atoms with Gasteiger partial charge in [-0.3, -0.25) is 9.55 Å². The first-order chi connectivity index (χ1) is 12.3. The third-order valence-corrected chi connectivity index (χ3v) is 3.98. The molecular weight excluding hydrogens is 371 g/mol. The van der Waals surface area contributed by atoms with Crippen molar-refractivity contribution in [1.82, 2.24) is 14.5 Å². The van der Waals surface area contributed by atoms with Crippen molar-refractivity contribution in [3.05, 3.63) is 60.8 Å². The van der Waals surface area contributed by atoms with Crippen molar-refractivity contribution in [2.45, 2.75) is 12.1 Å². The van der Waals surface area contributed by atoms with Gasteiger partial charge in [-0.05, 0) is 36.4 Å². The summed E-state index contributed by atoms with van der Waals surface area (Å²) in [5, 5.41) is 0. The van der Waals surface area contributed by atoms with Crippen LogP contribution in [0.15, 0.2) is 55.1 Å². The number of thiol groups is 1. The van der Waals surface area contributed by atoms with E-state index in [9.17, 15) is 21.6 Å². The van der Waals surface area contributed by atoms with Gasteiger partial charge in [0.05, 0.1) is 41.5 Å². The van der Waals surface area contributed by atoms with Crippen molar-refractivity contribution in [1.29, 1.82) is 0 Å². The Morgan fingerprint density at radius 3 is 2.35 bits per heavy atom. The molecule has 0 radical (unpaired) electrons. The number of halogens is 3. The van der Waals surface area contributed by atoms with Crippen molar-refractivity contribution in [3.8, 4) is 22.7 Å². The lowest BCUT2D eigenvalue weighted by Crippen LogP contribution is -2.16. The van der Waals surface area contributed by atoms with E-state index in [0.717, 1.165) is 0 Å². The second-order valence-electron chi connectivity index (χ2n) is 5.22. The fourth-order valence-corrected chi connectivity index (χ4v) is 2.78. The minimum absolute atomic E-state index is 0.146. The van der Waals surface area contributed by atoms with Gasteiger partial charge in [-0.15, -0.1) is 13.2 Å². The Bertz CT molecular complexity index is 957. The molecular formula is C16H12F3N3O3S. The molecule has 10 heteroatoms. The third kappa shape index (κ3) is 4.39. The monoisotopic (exact) mass is 383 g/mol. The van der Waals surface area contributed by atoms with Crippen molar-refractivity contribution in [3.63, 3.8) is 0 Å². The Morgan fingerprint density at radius 2 is 1.77 bits per heavy atom. The second kappa shape index (κ2) is 7.16. The largest absolute Gasteiger partial charge is 0.573 e. The SMILES string of the molecule is O=[SH](=O)Cc1ccc(-n2cncc2-c2ccc(OC(F)(F)F)cc2)cn1. The van der Waals surface area contributed by atoms with Crippen LogP contribution in [0.5, 0.6) is 5.75 Å². The summed E-state index contributed by atoms with van der Waals surface area (Å²) in [5.41, 5.74) is 2.31. The summed E-state index contributed by atoms with van der Waals surface area (Å²) in [6.45, 7) is 0. The molecule has 0 N–H and O–H groups in total. The van der Waals surface area contributed by atoms with Gasteiger partial charge in [0.2, 0.25) is 0 Å². The molecule has 0 amide bonds. The minimum atomic E-state index is -4.74. The Balaban J connectivity index is 1.86. The lowest BCUT2D eigenvalue weighted by molar-refractivity contribution is -0.274. The summed E-state index contributed by atoms with van der Waals surface area (Å²) in [6, 6.07) is 8.67. The zero-order valence-corrected chi connectivity index (χ0v) is 13.9. The van der Waals surface area contributed by atoms with Crippen LogP contribution in [0.4, 0.5) is 13.2 Å². The number of nitrogens with zero attached hydrogens (tertiary/aromatic N) is 3. The number of imidazole rings is 1. The normalized spacial score (nSPS) is 11.7. The number of pyridine rings is 1. The summed E-state index contributed by atoms with van der Waals surface area (Å²) in [7, 11) is -2.56. The standard InChI is InChI=1S/C16H12F3N3O3S/c17-16(18,19)25-14-5-1-11(2-6-14)15-8-20-10-22(15)13-4-3-12(21-7-13)9-26(23)24/h1-8,10,26H,9H2. The number of hydrogen-bond donors (Lipinski definition) is 1. The first-order valence-corrected chi connectivity index (χ1v) is 8.64. The van der Waals surface area contributed by atoms with E-state index in [1.165, 1.54) is 36.8 Å². The number of ether oxygens (including phenoxy) is 1. The molecule has 6 nitrogen and oxygen atoms in total. The maximum atomic E-state index is 12.2. The van der Waals surface area contributed by atoms with Gasteiger partial charge in [0.15, 0.2) is 0 Å². The number of benzene rings is 1. The molecule has 3 aromatic rings. The molecule has 0 unspecified atom stereocenters. The van der Waals surface area contributed by atoms with E-state index in [1.807, 2.05) is 0 Å². The number of aromatic nitrogens is 3. The molecule has 1 aromatic carbocycles. The molecule has 0 saturated heterocycles. The molecule has 0 saturated carbocycles. The van der Waals surface area contributed by atoms with Gasteiger partial charge in [-0.25, -0.2) is 13.4 Å². The van der Waals surface area contributed by atoms with E-state index in [-0.39, 0.29) is 11.5 Å². The Morgan fingerprint density at radius 1 is 1.04 bits per heavy atom.